The Morgan fingerprint density at radius 1 is 1.50 bits per heavy atom. The predicted octanol–water partition coefficient (Wildman–Crippen LogP) is 2.02. The topological polar surface area (TPSA) is 29.1 Å². The molecule has 0 aliphatic carbocycles. The Morgan fingerprint density at radius 3 is 2.75 bits per heavy atom. The van der Waals surface area contributed by atoms with Crippen molar-refractivity contribution in [3.63, 3.8) is 0 Å². The maximum atomic E-state index is 10.7. The van der Waals surface area contributed by atoms with Crippen molar-refractivity contribution < 1.29 is 4.79 Å². The van der Waals surface area contributed by atoms with Crippen LogP contribution in [0.25, 0.3) is 0 Å². The van der Waals surface area contributed by atoms with Gasteiger partial charge in [-0.05, 0) is 25.0 Å². The lowest BCUT2D eigenvalue weighted by molar-refractivity contribution is -0.114. The predicted molar refractivity (Wildman–Crippen MR) is 49.8 cm³/mol. The third-order valence-corrected chi connectivity index (χ3v) is 1.60. The summed E-state index contributed by atoms with van der Waals surface area (Å²) in [5, 5.41) is 2.75. The molecule has 1 radical (unpaired) electrons. The number of carbonyl (C=O) groups is 1. The molecular formula is C10H12NO. The highest BCUT2D eigenvalue weighted by Crippen LogP contribution is 2.14. The van der Waals surface area contributed by atoms with E-state index < -0.39 is 0 Å². The van der Waals surface area contributed by atoms with Crippen LogP contribution >= 0.6 is 0 Å². The number of para-hydroxylation sites is 1. The van der Waals surface area contributed by atoms with E-state index in [9.17, 15) is 4.79 Å². The maximum Gasteiger partial charge on any atom is 0.221 e. The molecular weight excluding hydrogens is 150 g/mol. The van der Waals surface area contributed by atoms with E-state index in [0.717, 1.165) is 11.3 Å². The molecule has 0 saturated heterocycles. The molecule has 0 fully saturated rings. The number of anilines is 1. The van der Waals surface area contributed by atoms with Crippen molar-refractivity contribution in [2.24, 2.45) is 0 Å². The molecule has 63 valence electrons. The van der Waals surface area contributed by atoms with Crippen LogP contribution in [-0.4, -0.2) is 5.91 Å². The van der Waals surface area contributed by atoms with Gasteiger partial charge in [0, 0.05) is 12.6 Å². The molecule has 0 atom stereocenters. The Morgan fingerprint density at radius 2 is 2.17 bits per heavy atom. The van der Waals surface area contributed by atoms with E-state index in [1.165, 1.54) is 6.92 Å². The standard InChI is InChI=1S/C10H12NO/c1-3-9-6-4-5-7-10(9)11-8(2)12/h4-7H,1,3H2,2H3,(H,11,12). The highest BCUT2D eigenvalue weighted by molar-refractivity contribution is 5.89. The van der Waals surface area contributed by atoms with Crippen LogP contribution in [0.3, 0.4) is 0 Å². The average Bonchev–Trinajstić information content (AvgIpc) is 2.04. The molecule has 0 spiro atoms. The van der Waals surface area contributed by atoms with Crippen molar-refractivity contribution in [1.82, 2.24) is 0 Å². The number of carbonyl (C=O) groups excluding carboxylic acids is 1. The summed E-state index contributed by atoms with van der Waals surface area (Å²) < 4.78 is 0. The lowest BCUT2D eigenvalue weighted by atomic mass is 10.1. The van der Waals surface area contributed by atoms with Gasteiger partial charge in [-0.15, -0.1) is 0 Å². The average molecular weight is 162 g/mol. The fourth-order valence-corrected chi connectivity index (χ4v) is 1.05. The zero-order chi connectivity index (χ0) is 8.97. The lowest BCUT2D eigenvalue weighted by Crippen LogP contribution is -2.07. The Hall–Kier alpha value is -1.31. The van der Waals surface area contributed by atoms with Crippen LogP contribution in [-0.2, 0) is 11.2 Å². The Labute approximate surface area is 72.6 Å². The summed E-state index contributed by atoms with van der Waals surface area (Å²) in [5.74, 6) is -0.0455. The summed E-state index contributed by atoms with van der Waals surface area (Å²) in [6.07, 6.45) is 0.691. The van der Waals surface area contributed by atoms with Crippen LogP contribution in [0.4, 0.5) is 5.69 Å². The number of hydrogen-bond donors (Lipinski definition) is 1. The van der Waals surface area contributed by atoms with Gasteiger partial charge in [0.2, 0.25) is 5.91 Å². The minimum absolute atomic E-state index is 0.0455. The summed E-state index contributed by atoms with van der Waals surface area (Å²) in [6.45, 7) is 5.27. The van der Waals surface area contributed by atoms with E-state index in [2.05, 4.69) is 12.2 Å². The summed E-state index contributed by atoms with van der Waals surface area (Å²) in [6, 6.07) is 7.66. The van der Waals surface area contributed by atoms with E-state index in [1.807, 2.05) is 24.3 Å². The van der Waals surface area contributed by atoms with Gasteiger partial charge in [-0.25, -0.2) is 0 Å². The zero-order valence-corrected chi connectivity index (χ0v) is 7.13. The van der Waals surface area contributed by atoms with Gasteiger partial charge < -0.3 is 5.32 Å². The van der Waals surface area contributed by atoms with Crippen LogP contribution in [0, 0.1) is 6.92 Å². The van der Waals surface area contributed by atoms with Gasteiger partial charge in [-0.1, -0.05) is 18.2 Å². The second-order valence-corrected chi connectivity index (χ2v) is 2.59. The third-order valence-electron chi connectivity index (χ3n) is 1.60. The number of hydrogen-bond acceptors (Lipinski definition) is 1. The van der Waals surface area contributed by atoms with Gasteiger partial charge in [0.15, 0.2) is 0 Å². The van der Waals surface area contributed by atoms with Crippen molar-refractivity contribution in [2.75, 3.05) is 5.32 Å². The minimum Gasteiger partial charge on any atom is -0.326 e. The highest BCUT2D eigenvalue weighted by Gasteiger charge is 1.99. The van der Waals surface area contributed by atoms with Crippen LogP contribution in [0.2, 0.25) is 0 Å². The second-order valence-electron chi connectivity index (χ2n) is 2.59. The van der Waals surface area contributed by atoms with E-state index >= 15 is 0 Å². The molecule has 1 amide bonds. The largest absolute Gasteiger partial charge is 0.326 e. The lowest BCUT2D eigenvalue weighted by Gasteiger charge is -2.06. The molecule has 1 aromatic rings. The van der Waals surface area contributed by atoms with Gasteiger partial charge in [0.25, 0.3) is 0 Å². The van der Waals surface area contributed by atoms with Crippen molar-refractivity contribution in [2.45, 2.75) is 13.3 Å². The fraction of sp³-hybridized carbons (Fsp3) is 0.200. The SMILES string of the molecule is [CH2]Cc1ccccc1NC(C)=O. The van der Waals surface area contributed by atoms with Crippen molar-refractivity contribution in [3.8, 4) is 0 Å². The first-order valence-electron chi connectivity index (χ1n) is 3.89. The van der Waals surface area contributed by atoms with Gasteiger partial charge in [0.05, 0.1) is 0 Å². The summed E-state index contributed by atoms with van der Waals surface area (Å²) in [7, 11) is 0. The monoisotopic (exact) mass is 162 g/mol. The van der Waals surface area contributed by atoms with Gasteiger partial charge >= 0.3 is 0 Å². The summed E-state index contributed by atoms with van der Waals surface area (Å²) in [5.41, 5.74) is 1.92. The van der Waals surface area contributed by atoms with Crippen LogP contribution in [0.1, 0.15) is 12.5 Å². The fourth-order valence-electron chi connectivity index (χ4n) is 1.05. The molecule has 0 aliphatic heterocycles. The Kier molecular flexibility index (Phi) is 2.86. The smallest absolute Gasteiger partial charge is 0.221 e. The first kappa shape index (κ1) is 8.78. The molecule has 0 saturated carbocycles. The molecule has 0 aliphatic rings. The Balaban J connectivity index is 2.89. The van der Waals surface area contributed by atoms with Gasteiger partial charge in [0.1, 0.15) is 0 Å². The molecule has 0 aromatic heterocycles. The van der Waals surface area contributed by atoms with Gasteiger partial charge in [-0.3, -0.25) is 4.79 Å². The normalized spacial score (nSPS) is 9.50. The van der Waals surface area contributed by atoms with E-state index in [1.54, 1.807) is 0 Å². The van der Waals surface area contributed by atoms with Crippen LogP contribution < -0.4 is 5.32 Å². The molecule has 0 unspecified atom stereocenters. The molecule has 2 nitrogen and oxygen atoms in total. The van der Waals surface area contributed by atoms with E-state index in [0.29, 0.717) is 6.42 Å². The molecule has 2 heteroatoms. The van der Waals surface area contributed by atoms with Gasteiger partial charge in [-0.2, -0.15) is 0 Å². The number of benzene rings is 1. The number of nitrogens with one attached hydrogen (secondary N) is 1. The first-order chi connectivity index (χ1) is 5.74. The summed E-state index contributed by atoms with van der Waals surface area (Å²) >= 11 is 0. The number of amides is 1. The van der Waals surface area contributed by atoms with Crippen molar-refractivity contribution in [3.05, 3.63) is 36.8 Å². The van der Waals surface area contributed by atoms with Crippen LogP contribution in [0.15, 0.2) is 24.3 Å². The van der Waals surface area contributed by atoms with Crippen molar-refractivity contribution >= 4 is 11.6 Å². The highest BCUT2D eigenvalue weighted by atomic mass is 16.1. The summed E-state index contributed by atoms with van der Waals surface area (Å²) in [4.78, 5) is 10.7. The minimum atomic E-state index is -0.0455. The van der Waals surface area contributed by atoms with Crippen molar-refractivity contribution in [1.29, 1.82) is 0 Å². The molecule has 12 heavy (non-hydrogen) atoms. The maximum absolute atomic E-state index is 10.7. The second kappa shape index (κ2) is 3.90. The Bertz CT molecular complexity index is 281. The third kappa shape index (κ3) is 2.09. The molecule has 1 N–H and O–H groups in total. The molecule has 0 bridgehead atoms. The molecule has 0 heterocycles. The first-order valence-corrected chi connectivity index (χ1v) is 3.89. The van der Waals surface area contributed by atoms with E-state index in [4.69, 9.17) is 0 Å². The quantitative estimate of drug-likeness (QED) is 0.708. The zero-order valence-electron chi connectivity index (χ0n) is 7.13. The molecule has 1 aromatic carbocycles. The van der Waals surface area contributed by atoms with E-state index in [-0.39, 0.29) is 5.91 Å². The molecule has 1 rings (SSSR count). The van der Waals surface area contributed by atoms with Crippen LogP contribution in [0.5, 0.6) is 0 Å². The number of rotatable bonds is 2.